The van der Waals surface area contributed by atoms with Crippen LogP contribution in [0.25, 0.3) is 0 Å². The van der Waals surface area contributed by atoms with Gasteiger partial charge in [0.2, 0.25) is 0 Å². The summed E-state index contributed by atoms with van der Waals surface area (Å²) >= 11 is 0. The van der Waals surface area contributed by atoms with Gasteiger partial charge in [0.15, 0.2) is 0 Å². The lowest BCUT2D eigenvalue weighted by atomic mass is 9.52. The van der Waals surface area contributed by atoms with Crippen LogP contribution in [0.4, 0.5) is 4.79 Å². The van der Waals surface area contributed by atoms with Gasteiger partial charge >= 0.3 is 6.03 Å². The van der Waals surface area contributed by atoms with Gasteiger partial charge in [-0.1, -0.05) is 6.07 Å². The maximum Gasteiger partial charge on any atom is 0.322 e. The molecule has 1 spiro atoms. The van der Waals surface area contributed by atoms with Crippen molar-refractivity contribution in [2.45, 2.75) is 56.5 Å². The van der Waals surface area contributed by atoms with Crippen molar-refractivity contribution < 1.29 is 14.3 Å². The quantitative estimate of drug-likeness (QED) is 0.783. The monoisotopic (exact) mass is 371 g/mol. The van der Waals surface area contributed by atoms with Crippen molar-refractivity contribution in [2.24, 2.45) is 5.92 Å². The van der Waals surface area contributed by atoms with E-state index in [-0.39, 0.29) is 17.4 Å². The lowest BCUT2D eigenvalue weighted by Crippen LogP contribution is -2.63. The predicted octanol–water partition coefficient (Wildman–Crippen LogP) is 2.34. The zero-order chi connectivity index (χ0) is 19.4. The molecule has 4 atom stereocenters. The lowest BCUT2D eigenvalue weighted by Gasteiger charge is -2.57. The average molecular weight is 371 g/mol. The van der Waals surface area contributed by atoms with E-state index in [1.807, 2.05) is 6.07 Å². The van der Waals surface area contributed by atoms with Gasteiger partial charge in [0, 0.05) is 11.5 Å². The highest BCUT2D eigenvalue weighted by Crippen LogP contribution is 2.55. The Labute approximate surface area is 160 Å². The van der Waals surface area contributed by atoms with E-state index in [0.717, 1.165) is 25.1 Å². The van der Waals surface area contributed by atoms with Crippen molar-refractivity contribution in [3.05, 3.63) is 29.3 Å². The number of methoxy groups -OCH3 is 1. The Hall–Kier alpha value is -2.08. The first-order chi connectivity index (χ1) is 12.8. The summed E-state index contributed by atoms with van der Waals surface area (Å²) in [6.45, 7) is 5.40. The lowest BCUT2D eigenvalue weighted by molar-refractivity contribution is -0.128. The molecule has 1 aliphatic carbocycles. The van der Waals surface area contributed by atoms with Gasteiger partial charge in [-0.3, -0.25) is 10.1 Å². The van der Waals surface area contributed by atoms with Crippen LogP contribution in [0, 0.1) is 12.8 Å². The second-order valence-electron chi connectivity index (χ2n) is 8.62. The fourth-order valence-electron chi connectivity index (χ4n) is 5.82. The minimum Gasteiger partial charge on any atom is -0.497 e. The summed E-state index contributed by atoms with van der Waals surface area (Å²) in [4.78, 5) is 27.1. The summed E-state index contributed by atoms with van der Waals surface area (Å²) in [7, 11) is 3.87. The van der Waals surface area contributed by atoms with Crippen LogP contribution in [0.2, 0.25) is 0 Å². The van der Waals surface area contributed by atoms with Gasteiger partial charge in [0.1, 0.15) is 11.3 Å². The molecular weight excluding hydrogens is 342 g/mol. The van der Waals surface area contributed by atoms with Crippen molar-refractivity contribution >= 4 is 11.9 Å². The number of fused-ring (bicyclic) bond motifs is 1. The third-order valence-corrected chi connectivity index (χ3v) is 7.39. The standard InChI is InChI=1S/C21H29N3O3/c1-13-5-6-15(27-4)11-17(13)20-9-10-24(3)14(2)16(20)7-8-21(12-20)18(25)22-19(26)23-21/h5-6,11,14,16H,7-10,12H2,1-4H3,(H2,22,23,25,26)/t14?,16?,20-,21-/m0/s1. The zero-order valence-corrected chi connectivity index (χ0v) is 16.6. The number of carbonyl (C=O) groups excluding carboxylic acids is 2. The molecule has 0 aromatic heterocycles. The van der Waals surface area contributed by atoms with Crippen LogP contribution >= 0.6 is 0 Å². The Morgan fingerprint density at radius 3 is 2.70 bits per heavy atom. The number of piperidine rings is 1. The van der Waals surface area contributed by atoms with Gasteiger partial charge in [-0.05, 0) is 82.3 Å². The Morgan fingerprint density at radius 2 is 2.04 bits per heavy atom. The average Bonchev–Trinajstić information content (AvgIpc) is 2.91. The van der Waals surface area contributed by atoms with E-state index in [9.17, 15) is 9.59 Å². The number of amides is 3. The molecular formula is C21H29N3O3. The normalized spacial score (nSPS) is 36.3. The smallest absolute Gasteiger partial charge is 0.322 e. The maximum atomic E-state index is 12.7. The number of imide groups is 1. The van der Waals surface area contributed by atoms with E-state index in [1.54, 1.807) is 7.11 Å². The first-order valence-electron chi connectivity index (χ1n) is 9.80. The molecule has 6 nitrogen and oxygen atoms in total. The number of aryl methyl sites for hydroxylation is 1. The van der Waals surface area contributed by atoms with E-state index >= 15 is 0 Å². The highest BCUT2D eigenvalue weighted by atomic mass is 16.5. The Morgan fingerprint density at radius 1 is 1.26 bits per heavy atom. The van der Waals surface area contributed by atoms with Crippen LogP contribution in [0.3, 0.4) is 0 Å². The Bertz CT molecular complexity index is 795. The first kappa shape index (κ1) is 18.3. The van der Waals surface area contributed by atoms with Gasteiger partial charge in [0.05, 0.1) is 7.11 Å². The van der Waals surface area contributed by atoms with E-state index < -0.39 is 5.54 Å². The molecule has 146 valence electrons. The van der Waals surface area contributed by atoms with Crippen LogP contribution in [0.5, 0.6) is 5.75 Å². The molecule has 3 amide bonds. The molecule has 0 radical (unpaired) electrons. The van der Waals surface area contributed by atoms with Crippen molar-refractivity contribution in [3.63, 3.8) is 0 Å². The third-order valence-electron chi connectivity index (χ3n) is 7.39. The minimum absolute atomic E-state index is 0.155. The highest BCUT2D eigenvalue weighted by molar-refractivity contribution is 6.07. The third kappa shape index (κ3) is 2.64. The SMILES string of the molecule is COc1ccc(C)c([C@]23CCN(C)C(C)C2CC[C@@]2(C3)NC(=O)NC2=O)c1. The van der Waals surface area contributed by atoms with Gasteiger partial charge in [-0.15, -0.1) is 0 Å². The Balaban J connectivity index is 1.85. The van der Waals surface area contributed by atoms with Crippen molar-refractivity contribution in [1.82, 2.24) is 15.5 Å². The number of nitrogens with one attached hydrogen (secondary N) is 2. The number of nitrogens with zero attached hydrogens (tertiary/aromatic N) is 1. The summed E-state index contributed by atoms with van der Waals surface area (Å²) in [6.07, 6.45) is 3.22. The second kappa shape index (κ2) is 6.23. The molecule has 4 rings (SSSR count). The summed E-state index contributed by atoms with van der Waals surface area (Å²) in [5, 5.41) is 5.45. The largest absolute Gasteiger partial charge is 0.497 e. The fourth-order valence-corrected chi connectivity index (χ4v) is 5.82. The van der Waals surface area contributed by atoms with Gasteiger partial charge in [-0.25, -0.2) is 4.79 Å². The molecule has 2 aliphatic heterocycles. The van der Waals surface area contributed by atoms with Crippen molar-refractivity contribution in [3.8, 4) is 5.75 Å². The number of hydrogen-bond acceptors (Lipinski definition) is 4. The molecule has 27 heavy (non-hydrogen) atoms. The summed E-state index contributed by atoms with van der Waals surface area (Å²) in [5.41, 5.74) is 1.54. The van der Waals surface area contributed by atoms with Gasteiger partial charge in [0.25, 0.3) is 5.91 Å². The van der Waals surface area contributed by atoms with Crippen molar-refractivity contribution in [2.75, 3.05) is 20.7 Å². The topological polar surface area (TPSA) is 70.7 Å². The van der Waals surface area contributed by atoms with Crippen LogP contribution in [0.1, 0.15) is 43.7 Å². The summed E-state index contributed by atoms with van der Waals surface area (Å²) < 4.78 is 5.52. The molecule has 1 aromatic rings. The van der Waals surface area contributed by atoms with E-state index in [4.69, 9.17) is 4.74 Å². The number of likely N-dealkylation sites (tertiary alicyclic amines) is 1. The van der Waals surface area contributed by atoms with Crippen LogP contribution in [-0.4, -0.2) is 49.1 Å². The Kier molecular flexibility index (Phi) is 4.22. The predicted molar refractivity (Wildman–Crippen MR) is 103 cm³/mol. The molecule has 2 unspecified atom stereocenters. The molecule has 2 saturated heterocycles. The van der Waals surface area contributed by atoms with E-state index in [1.165, 1.54) is 11.1 Å². The zero-order valence-electron chi connectivity index (χ0n) is 16.6. The minimum atomic E-state index is -0.793. The number of rotatable bonds is 2. The van der Waals surface area contributed by atoms with Crippen LogP contribution < -0.4 is 15.4 Å². The highest BCUT2D eigenvalue weighted by Gasteiger charge is 2.60. The number of hydrogen-bond donors (Lipinski definition) is 2. The molecule has 1 saturated carbocycles. The molecule has 6 heteroatoms. The fraction of sp³-hybridized carbons (Fsp3) is 0.619. The van der Waals surface area contributed by atoms with E-state index in [2.05, 4.69) is 48.6 Å². The summed E-state index contributed by atoms with van der Waals surface area (Å²) in [5.74, 6) is 1.10. The maximum absolute atomic E-state index is 12.7. The van der Waals surface area contributed by atoms with Crippen LogP contribution in [-0.2, 0) is 10.2 Å². The number of ether oxygens (including phenoxy) is 1. The first-order valence-corrected chi connectivity index (χ1v) is 9.80. The number of carbonyl (C=O) groups is 2. The number of benzene rings is 1. The van der Waals surface area contributed by atoms with Crippen LogP contribution in [0.15, 0.2) is 18.2 Å². The summed E-state index contributed by atoms with van der Waals surface area (Å²) in [6, 6.07) is 6.30. The second-order valence-corrected chi connectivity index (χ2v) is 8.62. The molecule has 1 aromatic carbocycles. The molecule has 2 N–H and O–H groups in total. The molecule has 2 heterocycles. The number of urea groups is 1. The van der Waals surface area contributed by atoms with Crippen molar-refractivity contribution in [1.29, 1.82) is 0 Å². The van der Waals surface area contributed by atoms with Gasteiger partial charge in [-0.2, -0.15) is 0 Å². The van der Waals surface area contributed by atoms with Gasteiger partial charge < -0.3 is 15.0 Å². The molecule has 3 aliphatic rings. The van der Waals surface area contributed by atoms with E-state index in [0.29, 0.717) is 24.8 Å². The molecule has 3 fully saturated rings. The molecule has 0 bridgehead atoms.